The van der Waals surface area contributed by atoms with E-state index in [-0.39, 0.29) is 11.7 Å². The van der Waals surface area contributed by atoms with Gasteiger partial charge in [-0.05, 0) is 11.1 Å². The third-order valence-electron chi connectivity index (χ3n) is 4.08. The number of aromatic hydroxyl groups is 1. The zero-order valence-electron chi connectivity index (χ0n) is 11.3. The van der Waals surface area contributed by atoms with Crippen LogP contribution in [0.15, 0.2) is 12.1 Å². The molecule has 19 heavy (non-hydrogen) atoms. The van der Waals surface area contributed by atoms with E-state index in [9.17, 15) is 9.90 Å². The molecule has 4 heteroatoms. The number of fused-ring (bicyclic) bond motifs is 3. The fraction of sp³-hybridized carbons (Fsp3) is 0.400. The summed E-state index contributed by atoms with van der Waals surface area (Å²) in [6.07, 6.45) is 3.74. The van der Waals surface area contributed by atoms with Gasteiger partial charge in [-0.15, -0.1) is 0 Å². The lowest BCUT2D eigenvalue weighted by Gasteiger charge is -2.17. The van der Waals surface area contributed by atoms with Crippen LogP contribution in [0.3, 0.4) is 0 Å². The van der Waals surface area contributed by atoms with Crippen LogP contribution in [0.1, 0.15) is 35.4 Å². The molecule has 2 atom stereocenters. The molecule has 0 spiro atoms. The molecule has 1 unspecified atom stereocenters. The van der Waals surface area contributed by atoms with E-state index in [1.54, 1.807) is 6.07 Å². The maximum absolute atomic E-state index is 11.8. The van der Waals surface area contributed by atoms with Gasteiger partial charge in [0.1, 0.15) is 11.7 Å². The summed E-state index contributed by atoms with van der Waals surface area (Å²) in [4.78, 5) is 13.9. The van der Waals surface area contributed by atoms with Crippen LogP contribution in [0.5, 0.6) is 5.75 Å². The Balaban J connectivity index is 2.20. The number of hydrogen-bond acceptors (Lipinski definition) is 4. The van der Waals surface area contributed by atoms with E-state index in [0.717, 1.165) is 17.8 Å². The van der Waals surface area contributed by atoms with Crippen molar-refractivity contribution in [1.29, 1.82) is 0 Å². The number of likely N-dealkylation sites (N-methyl/N-ethyl adjacent to an activating group) is 1. The molecule has 0 saturated heterocycles. The zero-order valence-corrected chi connectivity index (χ0v) is 11.3. The Morgan fingerprint density at radius 3 is 2.89 bits per heavy atom. The molecule has 1 aliphatic carbocycles. The molecule has 100 valence electrons. The fourth-order valence-electron chi connectivity index (χ4n) is 3.26. The maximum Gasteiger partial charge on any atom is 0.317 e. The van der Waals surface area contributed by atoms with E-state index in [0.29, 0.717) is 11.5 Å². The summed E-state index contributed by atoms with van der Waals surface area (Å²) in [5, 5.41) is 10.2. The summed E-state index contributed by atoms with van der Waals surface area (Å²) in [7, 11) is 3.39. The number of ether oxygens (including phenoxy) is 1. The van der Waals surface area contributed by atoms with E-state index < -0.39 is 5.92 Å². The number of carbonyl (C=O) groups is 1. The summed E-state index contributed by atoms with van der Waals surface area (Å²) < 4.78 is 4.80. The third kappa shape index (κ3) is 1.56. The minimum atomic E-state index is -0.483. The van der Waals surface area contributed by atoms with Crippen LogP contribution < -0.4 is 4.90 Å². The first-order valence-corrected chi connectivity index (χ1v) is 6.41. The van der Waals surface area contributed by atoms with Crippen molar-refractivity contribution >= 4 is 17.7 Å². The number of nitrogens with zero attached hydrogens (tertiary/aromatic N) is 1. The van der Waals surface area contributed by atoms with Crippen LogP contribution in [0.2, 0.25) is 0 Å². The molecule has 0 amide bonds. The van der Waals surface area contributed by atoms with Crippen LogP contribution in [0.25, 0.3) is 6.08 Å². The number of anilines is 1. The van der Waals surface area contributed by atoms with Crippen molar-refractivity contribution in [3.05, 3.63) is 28.8 Å². The van der Waals surface area contributed by atoms with E-state index in [4.69, 9.17) is 4.74 Å². The molecule has 1 N–H and O–H groups in total. The van der Waals surface area contributed by atoms with Crippen molar-refractivity contribution in [1.82, 2.24) is 0 Å². The molecule has 0 saturated carbocycles. The first-order valence-electron chi connectivity index (χ1n) is 6.41. The van der Waals surface area contributed by atoms with Crippen LogP contribution in [-0.4, -0.2) is 31.8 Å². The summed E-state index contributed by atoms with van der Waals surface area (Å²) in [6, 6.07) is 1.76. The second-order valence-electron chi connectivity index (χ2n) is 5.30. The smallest absolute Gasteiger partial charge is 0.317 e. The van der Waals surface area contributed by atoms with Gasteiger partial charge >= 0.3 is 5.97 Å². The number of phenols is 1. The van der Waals surface area contributed by atoms with Gasteiger partial charge in [0.25, 0.3) is 0 Å². The molecular weight excluding hydrogens is 242 g/mol. The van der Waals surface area contributed by atoms with Crippen LogP contribution in [0, 0.1) is 0 Å². The third-order valence-corrected chi connectivity index (χ3v) is 4.08. The van der Waals surface area contributed by atoms with Gasteiger partial charge in [0, 0.05) is 36.8 Å². The lowest BCUT2D eigenvalue weighted by atomic mass is 9.91. The number of carbonyl (C=O) groups excluding carboxylic acids is 1. The zero-order chi connectivity index (χ0) is 13.7. The normalized spacial score (nSPS) is 23.4. The van der Waals surface area contributed by atoms with Gasteiger partial charge in [-0.1, -0.05) is 19.1 Å². The Morgan fingerprint density at radius 1 is 1.47 bits per heavy atom. The molecule has 2 aliphatic rings. The minimum Gasteiger partial charge on any atom is -0.508 e. The van der Waals surface area contributed by atoms with Crippen LogP contribution in [-0.2, 0) is 9.53 Å². The quantitative estimate of drug-likeness (QED) is 0.786. The van der Waals surface area contributed by atoms with Gasteiger partial charge in [0.15, 0.2) is 0 Å². The lowest BCUT2D eigenvalue weighted by Crippen LogP contribution is -2.14. The van der Waals surface area contributed by atoms with E-state index in [1.807, 2.05) is 19.2 Å². The topological polar surface area (TPSA) is 49.8 Å². The van der Waals surface area contributed by atoms with Crippen LogP contribution in [0.4, 0.5) is 5.69 Å². The van der Waals surface area contributed by atoms with Crippen molar-refractivity contribution < 1.29 is 14.6 Å². The molecular formula is C15H17NO3. The van der Waals surface area contributed by atoms with Gasteiger partial charge in [0.05, 0.1) is 7.11 Å². The molecule has 0 radical (unpaired) electrons. The predicted molar refractivity (Wildman–Crippen MR) is 73.6 cm³/mol. The average Bonchev–Trinajstić information content (AvgIpc) is 2.92. The highest BCUT2D eigenvalue weighted by Gasteiger charge is 2.35. The van der Waals surface area contributed by atoms with E-state index in [2.05, 4.69) is 11.8 Å². The van der Waals surface area contributed by atoms with Gasteiger partial charge in [0.2, 0.25) is 0 Å². The summed E-state index contributed by atoms with van der Waals surface area (Å²) in [5.74, 6) is -0.238. The Hall–Kier alpha value is -1.97. The lowest BCUT2D eigenvalue weighted by molar-refractivity contribution is -0.141. The molecule has 0 bridgehead atoms. The molecule has 1 aromatic carbocycles. The SMILES string of the molecule is COC(=O)C1C=Cc2c1c(O)cc1c2[C@H](C)CN1C. The first-order chi connectivity index (χ1) is 9.04. The number of hydrogen-bond donors (Lipinski definition) is 1. The number of rotatable bonds is 1. The summed E-state index contributed by atoms with van der Waals surface area (Å²) >= 11 is 0. The second kappa shape index (κ2) is 4.02. The maximum atomic E-state index is 11.8. The van der Waals surface area contributed by atoms with Gasteiger partial charge < -0.3 is 14.7 Å². The van der Waals surface area contributed by atoms with E-state index in [1.165, 1.54) is 12.7 Å². The first kappa shape index (κ1) is 12.1. The van der Waals surface area contributed by atoms with E-state index >= 15 is 0 Å². The molecule has 1 aliphatic heterocycles. The molecule has 4 nitrogen and oxygen atoms in total. The number of benzene rings is 1. The van der Waals surface area contributed by atoms with Gasteiger partial charge in [-0.2, -0.15) is 0 Å². The molecule has 0 fully saturated rings. The highest BCUT2D eigenvalue weighted by Crippen LogP contribution is 2.48. The average molecular weight is 259 g/mol. The number of methoxy groups -OCH3 is 1. The van der Waals surface area contributed by atoms with Gasteiger partial charge in [-0.25, -0.2) is 0 Å². The highest BCUT2D eigenvalue weighted by molar-refractivity contribution is 5.90. The number of phenolic OH excluding ortho intramolecular Hbond substituents is 1. The Morgan fingerprint density at radius 2 is 2.21 bits per heavy atom. The Kier molecular flexibility index (Phi) is 2.55. The van der Waals surface area contributed by atoms with Crippen LogP contribution >= 0.6 is 0 Å². The fourth-order valence-corrected chi connectivity index (χ4v) is 3.26. The summed E-state index contributed by atoms with van der Waals surface area (Å²) in [6.45, 7) is 3.10. The molecule has 0 aromatic heterocycles. The highest BCUT2D eigenvalue weighted by atomic mass is 16.5. The van der Waals surface area contributed by atoms with Crippen molar-refractivity contribution in [2.45, 2.75) is 18.8 Å². The van der Waals surface area contributed by atoms with Crippen molar-refractivity contribution in [3.63, 3.8) is 0 Å². The Bertz CT molecular complexity index is 592. The largest absolute Gasteiger partial charge is 0.508 e. The monoisotopic (exact) mass is 259 g/mol. The minimum absolute atomic E-state index is 0.176. The summed E-state index contributed by atoms with van der Waals surface area (Å²) in [5.41, 5.74) is 3.95. The number of esters is 1. The van der Waals surface area contributed by atoms with Crippen molar-refractivity contribution in [3.8, 4) is 5.75 Å². The Labute approximate surface area is 112 Å². The van der Waals surface area contributed by atoms with Gasteiger partial charge in [-0.3, -0.25) is 4.79 Å². The second-order valence-corrected chi connectivity index (χ2v) is 5.30. The molecule has 1 aromatic rings. The van der Waals surface area contributed by atoms with Crippen molar-refractivity contribution in [2.75, 3.05) is 25.6 Å². The molecule has 3 rings (SSSR count). The predicted octanol–water partition coefficient (Wildman–Crippen LogP) is 2.23. The van der Waals surface area contributed by atoms with Crippen molar-refractivity contribution in [2.24, 2.45) is 0 Å². The molecule has 1 heterocycles. The standard InChI is InChI=1S/C15H17NO3/c1-8-7-16(2)11-6-12(17)14-9(13(8)11)4-5-10(14)15(18)19-3/h4-6,8,10,17H,7H2,1-3H3/t8-,10?/m1/s1.